The summed E-state index contributed by atoms with van der Waals surface area (Å²) in [6, 6.07) is 9.12. The Morgan fingerprint density at radius 2 is 2.24 bits per heavy atom. The number of nitriles is 1. The summed E-state index contributed by atoms with van der Waals surface area (Å²) in [4.78, 5) is 15.8. The molecule has 0 aromatic heterocycles. The Morgan fingerprint density at radius 3 is 2.82 bits per heavy atom. The maximum Gasteiger partial charge on any atom is 0.221 e. The number of primary amides is 1. The number of nitrogens with zero attached hydrogens (tertiary/aromatic N) is 2. The molecule has 0 radical (unpaired) electrons. The first-order chi connectivity index (χ1) is 8.19. The highest BCUT2D eigenvalue weighted by molar-refractivity contribution is 6.01. The molecule has 2 N–H and O–H groups in total. The molecule has 0 spiro atoms. The quantitative estimate of drug-likeness (QED) is 0.836. The molecule has 17 heavy (non-hydrogen) atoms. The van der Waals surface area contributed by atoms with Gasteiger partial charge in [-0.3, -0.25) is 4.79 Å². The van der Waals surface area contributed by atoms with Gasteiger partial charge in [0.05, 0.1) is 23.8 Å². The van der Waals surface area contributed by atoms with Gasteiger partial charge in [-0.05, 0) is 17.7 Å². The number of benzene rings is 1. The molecule has 1 aliphatic rings. The molecule has 0 fully saturated rings. The van der Waals surface area contributed by atoms with Crippen LogP contribution in [0.3, 0.4) is 0 Å². The van der Waals surface area contributed by atoms with Crippen molar-refractivity contribution in [3.8, 4) is 6.07 Å². The van der Waals surface area contributed by atoms with Gasteiger partial charge in [0.1, 0.15) is 6.10 Å². The van der Waals surface area contributed by atoms with E-state index in [4.69, 9.17) is 15.8 Å². The minimum atomic E-state index is -0.397. The molecule has 2 rings (SSSR count). The van der Waals surface area contributed by atoms with Gasteiger partial charge in [-0.1, -0.05) is 17.3 Å². The fraction of sp³-hybridized carbons (Fsp3) is 0.250. The summed E-state index contributed by atoms with van der Waals surface area (Å²) in [6.45, 7) is 0. The molecule has 0 saturated carbocycles. The molecule has 1 unspecified atom stereocenters. The third-order valence-corrected chi connectivity index (χ3v) is 2.51. The maximum absolute atomic E-state index is 10.7. The van der Waals surface area contributed by atoms with Crippen LogP contribution in [0.2, 0.25) is 0 Å². The van der Waals surface area contributed by atoms with E-state index in [-0.39, 0.29) is 12.5 Å². The molecule has 1 aliphatic heterocycles. The van der Waals surface area contributed by atoms with Crippen LogP contribution in [0, 0.1) is 11.3 Å². The number of oxime groups is 1. The average molecular weight is 229 g/mol. The molecular weight excluding hydrogens is 218 g/mol. The van der Waals surface area contributed by atoms with Gasteiger partial charge in [-0.15, -0.1) is 0 Å². The lowest BCUT2D eigenvalue weighted by atomic mass is 10.0. The maximum atomic E-state index is 10.7. The molecule has 0 aliphatic carbocycles. The second kappa shape index (κ2) is 4.66. The lowest BCUT2D eigenvalue weighted by molar-refractivity contribution is -0.120. The molecule has 1 heterocycles. The summed E-state index contributed by atoms with van der Waals surface area (Å²) in [5, 5.41) is 12.6. The zero-order chi connectivity index (χ0) is 12.3. The van der Waals surface area contributed by atoms with E-state index in [9.17, 15) is 4.79 Å². The Morgan fingerprint density at radius 1 is 1.53 bits per heavy atom. The number of hydrogen-bond acceptors (Lipinski definition) is 4. The Hall–Kier alpha value is -2.35. The van der Waals surface area contributed by atoms with Crippen molar-refractivity contribution in [1.29, 1.82) is 5.26 Å². The third kappa shape index (κ3) is 2.61. The number of carbonyl (C=O) groups excluding carboxylic acids is 1. The zero-order valence-electron chi connectivity index (χ0n) is 9.09. The fourth-order valence-corrected chi connectivity index (χ4v) is 1.67. The second-order valence-corrected chi connectivity index (χ2v) is 3.83. The Kier molecular flexibility index (Phi) is 3.06. The number of hydrogen-bond donors (Lipinski definition) is 1. The van der Waals surface area contributed by atoms with Crippen molar-refractivity contribution in [2.24, 2.45) is 10.9 Å². The SMILES string of the molecule is N#Cc1ccc(C2=NOC(CC(N)=O)C2)cc1. The number of amides is 1. The van der Waals surface area contributed by atoms with Crippen molar-refractivity contribution in [2.75, 3.05) is 0 Å². The number of nitrogens with two attached hydrogens (primary N) is 1. The van der Waals surface area contributed by atoms with E-state index in [1.165, 1.54) is 0 Å². The largest absolute Gasteiger partial charge is 0.391 e. The van der Waals surface area contributed by atoms with Gasteiger partial charge in [0.2, 0.25) is 5.91 Å². The van der Waals surface area contributed by atoms with E-state index in [2.05, 4.69) is 5.16 Å². The van der Waals surface area contributed by atoms with Crippen LogP contribution in [0.15, 0.2) is 29.4 Å². The number of rotatable bonds is 3. The van der Waals surface area contributed by atoms with E-state index < -0.39 is 5.91 Å². The molecule has 0 saturated heterocycles. The highest BCUT2D eigenvalue weighted by atomic mass is 16.6. The lowest BCUT2D eigenvalue weighted by Gasteiger charge is -2.03. The molecular formula is C12H11N3O2. The average Bonchev–Trinajstić information content (AvgIpc) is 2.77. The summed E-state index contributed by atoms with van der Waals surface area (Å²) < 4.78 is 0. The van der Waals surface area contributed by atoms with Crippen LogP contribution in [0.1, 0.15) is 24.0 Å². The summed E-state index contributed by atoms with van der Waals surface area (Å²) in [6.07, 6.45) is 0.469. The van der Waals surface area contributed by atoms with Gasteiger partial charge >= 0.3 is 0 Å². The minimum Gasteiger partial charge on any atom is -0.391 e. The Bertz CT molecular complexity index is 499. The zero-order valence-corrected chi connectivity index (χ0v) is 9.09. The van der Waals surface area contributed by atoms with Crippen molar-refractivity contribution in [3.05, 3.63) is 35.4 Å². The van der Waals surface area contributed by atoms with Gasteiger partial charge in [0.25, 0.3) is 0 Å². The molecule has 86 valence electrons. The summed E-state index contributed by atoms with van der Waals surface area (Å²) in [5.74, 6) is -0.397. The lowest BCUT2D eigenvalue weighted by Crippen LogP contribution is -2.20. The van der Waals surface area contributed by atoms with Crippen molar-refractivity contribution in [1.82, 2.24) is 0 Å². The van der Waals surface area contributed by atoms with Crippen LogP contribution in [0.25, 0.3) is 0 Å². The standard InChI is InChI=1S/C12H11N3O2/c13-7-8-1-3-9(4-2-8)11-5-10(17-15-11)6-12(14)16/h1-4,10H,5-6H2,(H2,14,16). The molecule has 1 aromatic rings. The Labute approximate surface area is 98.5 Å². The van der Waals surface area contributed by atoms with Gasteiger partial charge in [0, 0.05) is 6.42 Å². The number of carbonyl (C=O) groups is 1. The van der Waals surface area contributed by atoms with Gasteiger partial charge in [-0.2, -0.15) is 5.26 Å². The molecule has 5 heteroatoms. The van der Waals surface area contributed by atoms with Crippen LogP contribution < -0.4 is 5.73 Å². The van der Waals surface area contributed by atoms with Crippen molar-refractivity contribution < 1.29 is 9.63 Å². The minimum absolute atomic E-state index is 0.170. The van der Waals surface area contributed by atoms with E-state index in [0.717, 1.165) is 11.3 Å². The van der Waals surface area contributed by atoms with Gasteiger partial charge < -0.3 is 10.6 Å². The van der Waals surface area contributed by atoms with Crippen LogP contribution in [-0.2, 0) is 9.63 Å². The predicted molar refractivity (Wildman–Crippen MR) is 61.0 cm³/mol. The first-order valence-corrected chi connectivity index (χ1v) is 5.20. The highest BCUT2D eigenvalue weighted by Gasteiger charge is 2.23. The molecule has 5 nitrogen and oxygen atoms in total. The van der Waals surface area contributed by atoms with E-state index in [1.807, 2.05) is 18.2 Å². The highest BCUT2D eigenvalue weighted by Crippen LogP contribution is 2.18. The second-order valence-electron chi connectivity index (χ2n) is 3.83. The van der Waals surface area contributed by atoms with Crippen molar-refractivity contribution in [2.45, 2.75) is 18.9 Å². The molecule has 1 atom stereocenters. The fourth-order valence-electron chi connectivity index (χ4n) is 1.67. The smallest absolute Gasteiger partial charge is 0.221 e. The Balaban J connectivity index is 2.05. The third-order valence-electron chi connectivity index (χ3n) is 2.51. The predicted octanol–water partition coefficient (Wildman–Crippen LogP) is 0.927. The van der Waals surface area contributed by atoms with E-state index in [0.29, 0.717) is 12.0 Å². The van der Waals surface area contributed by atoms with Crippen LogP contribution in [0.4, 0.5) is 0 Å². The monoisotopic (exact) mass is 229 g/mol. The van der Waals surface area contributed by atoms with Gasteiger partial charge in [0.15, 0.2) is 0 Å². The first kappa shape index (κ1) is 11.1. The van der Waals surface area contributed by atoms with Crippen LogP contribution >= 0.6 is 0 Å². The van der Waals surface area contributed by atoms with Crippen molar-refractivity contribution in [3.63, 3.8) is 0 Å². The molecule has 0 bridgehead atoms. The topological polar surface area (TPSA) is 88.5 Å². The summed E-state index contributed by atoms with van der Waals surface area (Å²) in [7, 11) is 0. The van der Waals surface area contributed by atoms with Crippen LogP contribution in [0.5, 0.6) is 0 Å². The normalized spacial score (nSPS) is 18.1. The van der Waals surface area contributed by atoms with Crippen LogP contribution in [-0.4, -0.2) is 17.7 Å². The summed E-state index contributed by atoms with van der Waals surface area (Å²) >= 11 is 0. The molecule has 1 amide bonds. The van der Waals surface area contributed by atoms with Crippen molar-refractivity contribution >= 4 is 11.6 Å². The first-order valence-electron chi connectivity index (χ1n) is 5.20. The van der Waals surface area contributed by atoms with E-state index in [1.54, 1.807) is 12.1 Å². The molecule has 1 aromatic carbocycles. The van der Waals surface area contributed by atoms with Gasteiger partial charge in [-0.25, -0.2) is 0 Å². The van der Waals surface area contributed by atoms with E-state index >= 15 is 0 Å². The summed E-state index contributed by atoms with van der Waals surface area (Å²) in [5.41, 5.74) is 7.36.